The number of piperazine rings is 1. The Balaban J connectivity index is 1.10. The predicted molar refractivity (Wildman–Crippen MR) is 154 cm³/mol. The molecule has 7 heteroatoms. The molecule has 2 saturated carbocycles. The third-order valence-electron chi connectivity index (χ3n) is 8.89. The molecule has 6 nitrogen and oxygen atoms in total. The Kier molecular flexibility index (Phi) is 7.00. The Morgan fingerprint density at radius 2 is 1.92 bits per heavy atom. The molecule has 2 aromatic carbocycles. The summed E-state index contributed by atoms with van der Waals surface area (Å²) in [6.07, 6.45) is 4.44. The van der Waals surface area contributed by atoms with Crippen molar-refractivity contribution in [2.24, 2.45) is 17.6 Å². The van der Waals surface area contributed by atoms with Crippen LogP contribution < -0.4 is 11.1 Å². The van der Waals surface area contributed by atoms with E-state index in [0.717, 1.165) is 57.5 Å². The Bertz CT molecular complexity index is 1350. The number of carbonyl (C=O) groups excluding carboxylic acids is 1. The van der Waals surface area contributed by atoms with Crippen LogP contribution in [0.4, 0.5) is 0 Å². The maximum atomic E-state index is 13.0. The van der Waals surface area contributed by atoms with E-state index in [9.17, 15) is 10.1 Å². The number of carbonyl (C=O) groups is 1. The van der Waals surface area contributed by atoms with E-state index in [4.69, 9.17) is 5.73 Å². The van der Waals surface area contributed by atoms with Gasteiger partial charge in [0.25, 0.3) is 0 Å². The number of hydrogen-bond donors (Lipinski definition) is 2. The maximum absolute atomic E-state index is 13.0. The first-order valence-corrected chi connectivity index (χ1v) is 14.7. The molecule has 3 fully saturated rings. The lowest BCUT2D eigenvalue weighted by atomic mass is 9.81. The van der Waals surface area contributed by atoms with E-state index >= 15 is 0 Å². The van der Waals surface area contributed by atoms with Crippen LogP contribution in [0.2, 0.25) is 0 Å². The smallest absolute Gasteiger partial charge is 0.241 e. The van der Waals surface area contributed by atoms with Gasteiger partial charge in [-0.2, -0.15) is 5.26 Å². The van der Waals surface area contributed by atoms with E-state index in [2.05, 4.69) is 76.8 Å². The van der Waals surface area contributed by atoms with Crippen molar-refractivity contribution in [2.75, 3.05) is 33.2 Å². The number of nitrogens with two attached hydrogens (primary N) is 1. The second kappa shape index (κ2) is 10.4. The molecule has 1 saturated heterocycles. The third kappa shape index (κ3) is 5.23. The van der Waals surface area contributed by atoms with Crippen molar-refractivity contribution in [3.8, 4) is 16.5 Å². The highest BCUT2D eigenvalue weighted by Crippen LogP contribution is 2.53. The van der Waals surface area contributed by atoms with Crippen LogP contribution in [-0.4, -0.2) is 60.5 Å². The molecule has 3 aliphatic rings. The van der Waals surface area contributed by atoms with Crippen LogP contribution in [0.25, 0.3) is 20.5 Å². The average Bonchev–Trinajstić information content (AvgIpc) is 3.62. The van der Waals surface area contributed by atoms with Crippen molar-refractivity contribution in [3.63, 3.8) is 0 Å². The van der Waals surface area contributed by atoms with Crippen molar-refractivity contribution in [1.82, 2.24) is 15.1 Å². The van der Waals surface area contributed by atoms with Gasteiger partial charge < -0.3 is 16.0 Å². The van der Waals surface area contributed by atoms with Crippen LogP contribution in [0, 0.1) is 23.2 Å². The highest BCUT2D eigenvalue weighted by atomic mass is 32.1. The molecule has 4 unspecified atom stereocenters. The molecule has 2 heterocycles. The average molecular weight is 528 g/mol. The Hall–Kier alpha value is -2.76. The van der Waals surface area contributed by atoms with Crippen molar-refractivity contribution in [3.05, 3.63) is 59.7 Å². The van der Waals surface area contributed by atoms with Crippen LogP contribution in [0.3, 0.4) is 0 Å². The van der Waals surface area contributed by atoms with Gasteiger partial charge in [0.15, 0.2) is 0 Å². The molecule has 3 aromatic rings. The van der Waals surface area contributed by atoms with Gasteiger partial charge in [0.05, 0.1) is 11.6 Å². The van der Waals surface area contributed by atoms with E-state index in [1.807, 2.05) is 0 Å². The molecule has 198 valence electrons. The summed E-state index contributed by atoms with van der Waals surface area (Å²) in [7, 11) is 2.19. The molecule has 0 radical (unpaired) electrons. The highest BCUT2D eigenvalue weighted by molar-refractivity contribution is 7.22. The number of fused-ring (bicyclic) bond motifs is 2. The van der Waals surface area contributed by atoms with Crippen LogP contribution in [0.1, 0.15) is 36.8 Å². The van der Waals surface area contributed by atoms with Gasteiger partial charge in [-0.1, -0.05) is 49.2 Å². The molecule has 1 aromatic heterocycles. The van der Waals surface area contributed by atoms with Gasteiger partial charge in [-0.05, 0) is 65.9 Å². The lowest BCUT2D eigenvalue weighted by Gasteiger charge is -2.32. The van der Waals surface area contributed by atoms with Gasteiger partial charge in [-0.3, -0.25) is 9.69 Å². The van der Waals surface area contributed by atoms with Crippen molar-refractivity contribution in [2.45, 2.75) is 50.2 Å². The first-order chi connectivity index (χ1) is 18.4. The highest BCUT2D eigenvalue weighted by Gasteiger charge is 2.56. The molecule has 4 atom stereocenters. The second-order valence-corrected chi connectivity index (χ2v) is 12.7. The number of benzene rings is 2. The molecule has 1 amide bonds. The van der Waals surface area contributed by atoms with E-state index in [-0.39, 0.29) is 11.8 Å². The summed E-state index contributed by atoms with van der Waals surface area (Å²) in [6, 6.07) is 19.3. The summed E-state index contributed by atoms with van der Waals surface area (Å²) in [5, 5.41) is 13.9. The summed E-state index contributed by atoms with van der Waals surface area (Å²) >= 11 is 1.79. The molecule has 2 aliphatic carbocycles. The lowest BCUT2D eigenvalue weighted by molar-refractivity contribution is -0.128. The number of nitrogens with one attached hydrogen (secondary N) is 1. The standard InChI is InChI=1S/C31H37N5OS/c1-35-11-13-36(14-12-35)20-21-4-7-23(8-5-21)29-18-25-15-22(6-9-28(25)38-29)16-26(19-32)34-30(37)31(33)10-2-3-24-17-27(24)31/h4-9,15,18,24,26-27H,2-3,10-14,16-17,20,33H2,1H3,(H,34,37). The molecule has 6 rings (SSSR count). The summed E-state index contributed by atoms with van der Waals surface area (Å²) in [4.78, 5) is 19.2. The number of likely N-dealkylation sites (N-methyl/N-ethyl adjacent to an activating group) is 1. The Morgan fingerprint density at radius 1 is 1.16 bits per heavy atom. The maximum Gasteiger partial charge on any atom is 0.241 e. The first kappa shape index (κ1) is 25.5. The Labute approximate surface area is 229 Å². The van der Waals surface area contributed by atoms with Gasteiger partial charge in [0.2, 0.25) is 5.91 Å². The summed E-state index contributed by atoms with van der Waals surface area (Å²) in [5.41, 5.74) is 9.39. The Morgan fingerprint density at radius 3 is 2.68 bits per heavy atom. The fourth-order valence-corrected chi connectivity index (χ4v) is 7.43. The van der Waals surface area contributed by atoms with Gasteiger partial charge in [0, 0.05) is 48.7 Å². The van der Waals surface area contributed by atoms with Crippen LogP contribution in [0.15, 0.2) is 48.5 Å². The largest absolute Gasteiger partial charge is 0.338 e. The molecule has 0 bridgehead atoms. The van der Waals surface area contributed by atoms with Crippen LogP contribution in [-0.2, 0) is 17.8 Å². The molecule has 0 spiro atoms. The van der Waals surface area contributed by atoms with E-state index < -0.39 is 11.6 Å². The van der Waals surface area contributed by atoms with E-state index in [1.54, 1.807) is 11.3 Å². The summed E-state index contributed by atoms with van der Waals surface area (Å²) < 4.78 is 1.23. The molecule has 38 heavy (non-hydrogen) atoms. The number of nitrogens with zero attached hydrogens (tertiary/aromatic N) is 3. The van der Waals surface area contributed by atoms with E-state index in [0.29, 0.717) is 12.3 Å². The normalized spacial score (nSPS) is 26.4. The zero-order chi connectivity index (χ0) is 26.3. The molecule has 1 aliphatic heterocycles. The minimum atomic E-state index is -0.801. The fourth-order valence-electron chi connectivity index (χ4n) is 6.38. The van der Waals surface area contributed by atoms with Gasteiger partial charge in [-0.25, -0.2) is 0 Å². The van der Waals surface area contributed by atoms with Crippen molar-refractivity contribution < 1.29 is 4.79 Å². The number of hydrogen-bond acceptors (Lipinski definition) is 6. The molecular weight excluding hydrogens is 490 g/mol. The number of nitriles is 1. The zero-order valence-corrected chi connectivity index (χ0v) is 23.0. The SMILES string of the molecule is CN1CCN(Cc2ccc(-c3cc4cc(CC(C#N)NC(=O)C5(N)CCCC6CC65)ccc4s3)cc2)CC1. The van der Waals surface area contributed by atoms with Gasteiger partial charge >= 0.3 is 0 Å². The van der Waals surface area contributed by atoms with Crippen LogP contribution >= 0.6 is 11.3 Å². The number of thiophene rings is 1. The summed E-state index contributed by atoms with van der Waals surface area (Å²) in [6.45, 7) is 5.53. The van der Waals surface area contributed by atoms with Crippen LogP contribution in [0.5, 0.6) is 0 Å². The minimum Gasteiger partial charge on any atom is -0.338 e. The second-order valence-electron chi connectivity index (χ2n) is 11.7. The van der Waals surface area contributed by atoms with Crippen molar-refractivity contribution >= 4 is 27.3 Å². The topological polar surface area (TPSA) is 85.4 Å². The molecular formula is C31H37N5OS. The quantitative estimate of drug-likeness (QED) is 0.476. The monoisotopic (exact) mass is 527 g/mol. The zero-order valence-electron chi connectivity index (χ0n) is 22.2. The van der Waals surface area contributed by atoms with E-state index in [1.165, 1.54) is 32.5 Å². The van der Waals surface area contributed by atoms with Crippen molar-refractivity contribution in [1.29, 1.82) is 5.26 Å². The third-order valence-corrected chi connectivity index (χ3v) is 10.1. The molecule has 3 N–H and O–H groups in total. The number of rotatable bonds is 7. The predicted octanol–water partition coefficient (Wildman–Crippen LogP) is 4.38. The fraction of sp³-hybridized carbons (Fsp3) is 0.484. The first-order valence-electron chi connectivity index (χ1n) is 13.9. The number of amides is 1. The lowest BCUT2D eigenvalue weighted by Crippen LogP contribution is -2.59. The van der Waals surface area contributed by atoms with Gasteiger partial charge in [0.1, 0.15) is 6.04 Å². The summed E-state index contributed by atoms with van der Waals surface area (Å²) in [5.74, 6) is 0.742. The van der Waals surface area contributed by atoms with Gasteiger partial charge in [-0.15, -0.1) is 11.3 Å². The minimum absolute atomic E-state index is 0.147.